The molecule has 1 aromatic heterocycles. The first-order valence-corrected chi connectivity index (χ1v) is 7.39. The average Bonchev–Trinajstić information content (AvgIpc) is 3.08. The third-order valence-electron chi connectivity index (χ3n) is 3.45. The van der Waals surface area contributed by atoms with Crippen LogP contribution in [0.5, 0.6) is 0 Å². The zero-order valence-electron chi connectivity index (χ0n) is 13.2. The summed E-state index contributed by atoms with van der Waals surface area (Å²) in [6, 6.07) is 9.99. The van der Waals surface area contributed by atoms with Crippen molar-refractivity contribution in [2.75, 3.05) is 26.7 Å². The monoisotopic (exact) mass is 429 g/mol. The Morgan fingerprint density at radius 3 is 2.70 bits per heavy atom. The molecule has 0 aliphatic carbocycles. The Morgan fingerprint density at radius 2 is 2.09 bits per heavy atom. The van der Waals surface area contributed by atoms with Crippen LogP contribution in [0.1, 0.15) is 11.5 Å². The Hall–Kier alpha value is -1.61. The molecule has 2 aromatic rings. The van der Waals surface area contributed by atoms with E-state index in [4.69, 9.17) is 0 Å². The highest BCUT2D eigenvalue weighted by Crippen LogP contribution is 2.13. The Kier molecular flexibility index (Phi) is 9.30. The van der Waals surface area contributed by atoms with Crippen LogP contribution < -0.4 is 10.6 Å². The van der Waals surface area contributed by atoms with E-state index >= 15 is 0 Å². The Balaban J connectivity index is 0.00000264. The molecule has 23 heavy (non-hydrogen) atoms. The summed E-state index contributed by atoms with van der Waals surface area (Å²) in [6.07, 6.45) is 5.48. The average molecular weight is 429 g/mol. The molecule has 7 heteroatoms. The second-order valence-corrected chi connectivity index (χ2v) is 4.97. The molecule has 1 atom stereocenters. The van der Waals surface area contributed by atoms with Crippen molar-refractivity contribution in [3.63, 3.8) is 0 Å². The minimum Gasteiger partial charge on any atom is -0.396 e. The van der Waals surface area contributed by atoms with Gasteiger partial charge in [0, 0.05) is 45.0 Å². The van der Waals surface area contributed by atoms with Gasteiger partial charge in [0.2, 0.25) is 0 Å². The third kappa shape index (κ3) is 6.57. The smallest absolute Gasteiger partial charge is 0.191 e. The van der Waals surface area contributed by atoms with Crippen LogP contribution in [-0.2, 0) is 6.54 Å². The van der Waals surface area contributed by atoms with Gasteiger partial charge in [0.15, 0.2) is 5.96 Å². The van der Waals surface area contributed by atoms with E-state index in [0.717, 1.165) is 24.6 Å². The molecular weight excluding hydrogens is 405 g/mol. The summed E-state index contributed by atoms with van der Waals surface area (Å²) in [6.45, 7) is 2.31. The summed E-state index contributed by atoms with van der Waals surface area (Å²) in [5, 5.41) is 16.1. The number of nitrogens with zero attached hydrogens (tertiary/aromatic N) is 3. The molecule has 2 rings (SSSR count). The number of aromatic nitrogens is 2. The first-order chi connectivity index (χ1) is 10.8. The highest BCUT2D eigenvalue weighted by molar-refractivity contribution is 14.0. The summed E-state index contributed by atoms with van der Waals surface area (Å²) in [4.78, 5) is 8.20. The lowest BCUT2D eigenvalue weighted by Gasteiger charge is -2.18. The summed E-state index contributed by atoms with van der Waals surface area (Å²) in [5.74, 6) is 0.780. The fourth-order valence-electron chi connectivity index (χ4n) is 2.18. The lowest BCUT2D eigenvalue weighted by molar-refractivity contribution is 0.265. The van der Waals surface area contributed by atoms with Crippen LogP contribution in [0.3, 0.4) is 0 Å². The molecule has 0 fully saturated rings. The number of nitrogens with one attached hydrogen (secondary N) is 2. The van der Waals surface area contributed by atoms with Crippen LogP contribution in [0.25, 0.3) is 0 Å². The predicted octanol–water partition coefficient (Wildman–Crippen LogP) is 1.44. The lowest BCUT2D eigenvalue weighted by atomic mass is 10.0. The molecule has 3 N–H and O–H groups in total. The highest BCUT2D eigenvalue weighted by atomic mass is 127. The van der Waals surface area contributed by atoms with E-state index < -0.39 is 0 Å². The molecule has 0 saturated carbocycles. The Labute approximate surface area is 154 Å². The van der Waals surface area contributed by atoms with Crippen molar-refractivity contribution in [1.82, 2.24) is 20.2 Å². The fraction of sp³-hybridized carbons (Fsp3) is 0.375. The Morgan fingerprint density at radius 1 is 1.30 bits per heavy atom. The maximum absolute atomic E-state index is 9.56. The van der Waals surface area contributed by atoms with Crippen molar-refractivity contribution in [3.05, 3.63) is 54.6 Å². The van der Waals surface area contributed by atoms with Crippen molar-refractivity contribution in [2.45, 2.75) is 12.5 Å². The van der Waals surface area contributed by atoms with Gasteiger partial charge in [0.1, 0.15) is 0 Å². The molecule has 1 unspecified atom stereocenters. The van der Waals surface area contributed by atoms with Gasteiger partial charge in [0.25, 0.3) is 0 Å². The highest BCUT2D eigenvalue weighted by Gasteiger charge is 2.10. The number of guanidine groups is 1. The maximum Gasteiger partial charge on any atom is 0.191 e. The number of halogens is 1. The molecule has 6 nitrogen and oxygen atoms in total. The van der Waals surface area contributed by atoms with E-state index in [1.54, 1.807) is 19.6 Å². The molecule has 1 aromatic carbocycles. The van der Waals surface area contributed by atoms with Gasteiger partial charge in [-0.1, -0.05) is 30.3 Å². The van der Waals surface area contributed by atoms with Crippen molar-refractivity contribution in [2.24, 2.45) is 4.99 Å². The molecule has 0 radical (unpaired) electrons. The van der Waals surface area contributed by atoms with Gasteiger partial charge in [0.05, 0.1) is 12.9 Å². The maximum atomic E-state index is 9.56. The summed E-state index contributed by atoms with van der Waals surface area (Å²) in [5.41, 5.74) is 1.12. The van der Waals surface area contributed by atoms with E-state index in [1.807, 2.05) is 41.1 Å². The van der Waals surface area contributed by atoms with Crippen LogP contribution in [0.4, 0.5) is 0 Å². The van der Waals surface area contributed by atoms with E-state index in [-0.39, 0.29) is 36.5 Å². The number of aliphatic imine (C=N–C) groups is 1. The number of benzene rings is 1. The second-order valence-electron chi connectivity index (χ2n) is 4.97. The van der Waals surface area contributed by atoms with Gasteiger partial charge >= 0.3 is 0 Å². The van der Waals surface area contributed by atoms with E-state index in [2.05, 4.69) is 20.6 Å². The van der Waals surface area contributed by atoms with Crippen molar-refractivity contribution < 1.29 is 5.11 Å². The number of aliphatic hydroxyl groups is 1. The summed E-state index contributed by atoms with van der Waals surface area (Å²) >= 11 is 0. The standard InChI is InChI=1S/C16H23N5O.HI/c1-17-16(19-8-10-21-9-7-18-13-21)20-11-15(12-22)14-5-3-2-4-6-14;/h2-7,9,13,15,22H,8,10-12H2,1H3,(H2,17,19,20);1H. The molecule has 126 valence electrons. The quantitative estimate of drug-likeness (QED) is 0.354. The molecule has 0 spiro atoms. The fourth-order valence-corrected chi connectivity index (χ4v) is 2.18. The SMILES string of the molecule is CN=C(NCCn1ccnc1)NCC(CO)c1ccccc1.I. The van der Waals surface area contributed by atoms with Crippen LogP contribution in [0.15, 0.2) is 54.0 Å². The normalized spacial score (nSPS) is 12.3. The molecular formula is C16H24IN5O. The minimum absolute atomic E-state index is 0. The zero-order chi connectivity index (χ0) is 15.6. The van der Waals surface area contributed by atoms with Gasteiger partial charge in [-0.3, -0.25) is 4.99 Å². The number of rotatable bonds is 7. The van der Waals surface area contributed by atoms with Crippen LogP contribution in [0, 0.1) is 0 Å². The molecule has 0 aliphatic rings. The summed E-state index contributed by atoms with van der Waals surface area (Å²) in [7, 11) is 1.74. The van der Waals surface area contributed by atoms with Crippen LogP contribution in [-0.4, -0.2) is 47.4 Å². The topological polar surface area (TPSA) is 74.5 Å². The number of hydrogen-bond donors (Lipinski definition) is 3. The van der Waals surface area contributed by atoms with Gasteiger partial charge in [-0.05, 0) is 5.56 Å². The molecule has 0 aliphatic heterocycles. The van der Waals surface area contributed by atoms with Gasteiger partial charge in [-0.25, -0.2) is 4.98 Å². The van der Waals surface area contributed by atoms with Crippen LogP contribution >= 0.6 is 24.0 Å². The minimum atomic E-state index is 0. The molecule has 0 bridgehead atoms. The van der Waals surface area contributed by atoms with Crippen molar-refractivity contribution in [1.29, 1.82) is 0 Å². The number of imidazole rings is 1. The first-order valence-electron chi connectivity index (χ1n) is 7.39. The molecule has 0 amide bonds. The second kappa shape index (κ2) is 11.0. The van der Waals surface area contributed by atoms with E-state index in [9.17, 15) is 5.11 Å². The third-order valence-corrected chi connectivity index (χ3v) is 3.45. The number of hydrogen-bond acceptors (Lipinski definition) is 3. The zero-order valence-corrected chi connectivity index (χ0v) is 15.6. The van der Waals surface area contributed by atoms with Gasteiger partial charge in [-0.2, -0.15) is 0 Å². The molecule has 1 heterocycles. The first kappa shape index (κ1) is 19.4. The number of aliphatic hydroxyl groups excluding tert-OH is 1. The van der Waals surface area contributed by atoms with E-state index in [1.165, 1.54) is 0 Å². The molecule has 0 saturated heterocycles. The largest absolute Gasteiger partial charge is 0.396 e. The van der Waals surface area contributed by atoms with E-state index in [0.29, 0.717) is 6.54 Å². The van der Waals surface area contributed by atoms with Crippen molar-refractivity contribution >= 4 is 29.9 Å². The van der Waals surface area contributed by atoms with Crippen LogP contribution in [0.2, 0.25) is 0 Å². The lowest BCUT2D eigenvalue weighted by Crippen LogP contribution is -2.41. The predicted molar refractivity (Wildman–Crippen MR) is 103 cm³/mol. The Bertz CT molecular complexity index is 559. The van der Waals surface area contributed by atoms with Crippen molar-refractivity contribution in [3.8, 4) is 0 Å². The van der Waals surface area contributed by atoms with Gasteiger partial charge in [-0.15, -0.1) is 24.0 Å². The van der Waals surface area contributed by atoms with Gasteiger partial charge < -0.3 is 20.3 Å². The summed E-state index contributed by atoms with van der Waals surface area (Å²) < 4.78 is 2.00.